The molecule has 0 aromatic heterocycles. The molecule has 4 rings (SSSR count). The number of hydrogen-bond donors (Lipinski definition) is 1. The van der Waals surface area contributed by atoms with E-state index in [1.165, 1.54) is 12.1 Å². The zero-order valence-corrected chi connectivity index (χ0v) is 21.5. The van der Waals surface area contributed by atoms with Gasteiger partial charge in [-0.2, -0.15) is 10.5 Å². The number of likely N-dealkylation sites (tertiary alicyclic amines) is 1. The Balaban J connectivity index is 1.53. The number of rotatable bonds is 9. The highest BCUT2D eigenvalue weighted by Crippen LogP contribution is 2.33. The molecule has 1 saturated heterocycles. The van der Waals surface area contributed by atoms with E-state index < -0.39 is 11.7 Å². The molecule has 1 heterocycles. The molecule has 1 N–H and O–H groups in total. The third kappa shape index (κ3) is 6.18. The van der Waals surface area contributed by atoms with Gasteiger partial charge in [0.25, 0.3) is 5.91 Å². The second-order valence-electron chi connectivity index (χ2n) is 9.40. The van der Waals surface area contributed by atoms with Crippen LogP contribution < -0.4 is 10.2 Å². The summed E-state index contributed by atoms with van der Waals surface area (Å²) in [6, 6.07) is 23.7. The van der Waals surface area contributed by atoms with Gasteiger partial charge < -0.3 is 15.0 Å². The molecule has 1 unspecified atom stereocenters. The summed E-state index contributed by atoms with van der Waals surface area (Å²) in [6.07, 6.45) is 0.717. The largest absolute Gasteiger partial charge is 0.383 e. The highest BCUT2D eigenvalue weighted by molar-refractivity contribution is 5.94. The Morgan fingerprint density at radius 3 is 2.32 bits per heavy atom. The molecule has 0 aliphatic carbocycles. The molecule has 0 spiro atoms. The van der Waals surface area contributed by atoms with E-state index in [1.54, 1.807) is 7.11 Å². The molecule has 8 heteroatoms. The van der Waals surface area contributed by atoms with Crippen LogP contribution in [0.25, 0.3) is 0 Å². The van der Waals surface area contributed by atoms with E-state index in [2.05, 4.69) is 45.5 Å². The van der Waals surface area contributed by atoms with E-state index in [1.807, 2.05) is 37.4 Å². The molecule has 1 aliphatic heterocycles. The Kier molecular flexibility index (Phi) is 8.70. The lowest BCUT2D eigenvalue weighted by atomic mass is 9.96. The van der Waals surface area contributed by atoms with Gasteiger partial charge in [0, 0.05) is 45.5 Å². The van der Waals surface area contributed by atoms with Crippen molar-refractivity contribution < 1.29 is 13.9 Å². The molecule has 1 fully saturated rings. The van der Waals surface area contributed by atoms with Crippen LogP contribution in [-0.2, 0) is 4.74 Å². The van der Waals surface area contributed by atoms with Gasteiger partial charge in [-0.15, -0.1) is 0 Å². The maximum Gasteiger partial charge on any atom is 0.254 e. The van der Waals surface area contributed by atoms with Gasteiger partial charge >= 0.3 is 0 Å². The van der Waals surface area contributed by atoms with Crippen LogP contribution in [0.4, 0.5) is 10.1 Å². The van der Waals surface area contributed by atoms with Crippen LogP contribution in [0.1, 0.15) is 45.1 Å². The van der Waals surface area contributed by atoms with Crippen molar-refractivity contribution in [2.45, 2.75) is 18.5 Å². The standard InChI is InChI=1S/C30H30FN5O2/c1-35(15-16-38-2)26-10-8-24(9-11-26)29(23-6-3-21(18-32)4-7-23)36-14-13-25(20-36)34-30(37)27-12-5-22(19-33)17-28(27)31/h3-12,17,25,29H,13-16,20H2,1-2H3,(H,34,37)/t25-,29?/m1/s1. The van der Waals surface area contributed by atoms with Crippen LogP contribution in [-0.4, -0.2) is 57.2 Å². The summed E-state index contributed by atoms with van der Waals surface area (Å²) in [4.78, 5) is 17.2. The van der Waals surface area contributed by atoms with Crippen molar-refractivity contribution in [1.82, 2.24) is 10.2 Å². The van der Waals surface area contributed by atoms with Crippen LogP contribution in [0.5, 0.6) is 0 Å². The van der Waals surface area contributed by atoms with Crippen molar-refractivity contribution in [3.05, 3.63) is 100 Å². The van der Waals surface area contributed by atoms with Crippen molar-refractivity contribution in [1.29, 1.82) is 10.5 Å². The summed E-state index contributed by atoms with van der Waals surface area (Å²) in [5, 5.41) is 21.2. The summed E-state index contributed by atoms with van der Waals surface area (Å²) >= 11 is 0. The number of nitriles is 2. The fourth-order valence-electron chi connectivity index (χ4n) is 4.79. The molecule has 0 saturated carbocycles. The maximum atomic E-state index is 14.4. The average Bonchev–Trinajstić information content (AvgIpc) is 3.40. The van der Waals surface area contributed by atoms with Crippen molar-refractivity contribution in [3.63, 3.8) is 0 Å². The number of methoxy groups -OCH3 is 1. The number of carbonyl (C=O) groups excluding carboxylic acids is 1. The zero-order valence-electron chi connectivity index (χ0n) is 21.5. The molecule has 0 radical (unpaired) electrons. The summed E-state index contributed by atoms with van der Waals surface area (Å²) in [6.45, 7) is 2.74. The number of amides is 1. The summed E-state index contributed by atoms with van der Waals surface area (Å²) in [5.41, 5.74) is 3.93. The minimum Gasteiger partial charge on any atom is -0.383 e. The zero-order chi connectivity index (χ0) is 27.1. The number of ether oxygens (including phenoxy) is 1. The molecule has 1 aliphatic rings. The van der Waals surface area contributed by atoms with E-state index in [0.717, 1.165) is 36.0 Å². The normalized spacial score (nSPS) is 15.9. The Labute approximate surface area is 222 Å². The number of nitrogens with zero attached hydrogens (tertiary/aromatic N) is 4. The average molecular weight is 512 g/mol. The summed E-state index contributed by atoms with van der Waals surface area (Å²) in [5.74, 6) is -1.19. The van der Waals surface area contributed by atoms with Crippen LogP contribution in [0.15, 0.2) is 66.7 Å². The van der Waals surface area contributed by atoms with Crippen LogP contribution in [0.2, 0.25) is 0 Å². The predicted molar refractivity (Wildman–Crippen MR) is 143 cm³/mol. The van der Waals surface area contributed by atoms with Gasteiger partial charge in [-0.3, -0.25) is 9.69 Å². The molecular weight excluding hydrogens is 481 g/mol. The van der Waals surface area contributed by atoms with Gasteiger partial charge in [0.05, 0.1) is 41.5 Å². The molecule has 194 valence electrons. The minimum atomic E-state index is -0.706. The number of carbonyl (C=O) groups is 1. The van der Waals surface area contributed by atoms with E-state index in [-0.39, 0.29) is 23.2 Å². The number of hydrogen-bond acceptors (Lipinski definition) is 6. The van der Waals surface area contributed by atoms with Crippen molar-refractivity contribution in [3.8, 4) is 12.1 Å². The maximum absolute atomic E-state index is 14.4. The molecule has 3 aromatic carbocycles. The second kappa shape index (κ2) is 12.3. The van der Waals surface area contributed by atoms with Crippen LogP contribution >= 0.6 is 0 Å². The van der Waals surface area contributed by atoms with E-state index >= 15 is 0 Å². The Morgan fingerprint density at radius 2 is 1.71 bits per heavy atom. The van der Waals surface area contributed by atoms with Crippen LogP contribution in [0, 0.1) is 28.5 Å². The molecule has 7 nitrogen and oxygen atoms in total. The molecule has 0 bridgehead atoms. The van der Waals surface area contributed by atoms with Gasteiger partial charge in [-0.1, -0.05) is 24.3 Å². The smallest absolute Gasteiger partial charge is 0.254 e. The first-order chi connectivity index (χ1) is 18.4. The fourth-order valence-corrected chi connectivity index (χ4v) is 4.79. The number of halogens is 1. The summed E-state index contributed by atoms with van der Waals surface area (Å²) in [7, 11) is 3.71. The molecule has 1 amide bonds. The first-order valence-electron chi connectivity index (χ1n) is 12.5. The SMILES string of the molecule is COCCN(C)c1ccc(C(c2ccc(C#N)cc2)N2CC[C@@H](NC(=O)c3ccc(C#N)cc3F)C2)cc1. The van der Waals surface area contributed by atoms with Gasteiger partial charge in [0.2, 0.25) is 0 Å². The number of likely N-dealkylation sites (N-methyl/N-ethyl adjacent to an activating group) is 1. The topological polar surface area (TPSA) is 92.4 Å². The first kappa shape index (κ1) is 26.8. The quantitative estimate of drug-likeness (QED) is 0.462. The van der Waals surface area contributed by atoms with Gasteiger partial charge in [-0.25, -0.2) is 4.39 Å². The number of benzene rings is 3. The lowest BCUT2D eigenvalue weighted by molar-refractivity contribution is 0.0933. The monoisotopic (exact) mass is 511 g/mol. The van der Waals surface area contributed by atoms with Crippen molar-refractivity contribution in [2.24, 2.45) is 0 Å². The van der Waals surface area contributed by atoms with Gasteiger partial charge in [0.1, 0.15) is 5.82 Å². The number of nitrogens with one attached hydrogen (secondary N) is 1. The third-order valence-electron chi connectivity index (χ3n) is 6.90. The Bertz CT molecular complexity index is 1350. The Hall–Kier alpha value is -4.24. The van der Waals surface area contributed by atoms with E-state index in [0.29, 0.717) is 25.1 Å². The minimum absolute atomic E-state index is 0.0701. The fraction of sp³-hybridized carbons (Fsp3) is 0.300. The highest BCUT2D eigenvalue weighted by atomic mass is 19.1. The first-order valence-corrected chi connectivity index (χ1v) is 12.5. The molecular formula is C30H30FN5O2. The molecule has 38 heavy (non-hydrogen) atoms. The summed E-state index contributed by atoms with van der Waals surface area (Å²) < 4.78 is 19.6. The lowest BCUT2D eigenvalue weighted by Crippen LogP contribution is -2.38. The third-order valence-corrected chi connectivity index (χ3v) is 6.90. The number of anilines is 1. The van der Waals surface area contributed by atoms with Crippen molar-refractivity contribution in [2.75, 3.05) is 45.3 Å². The van der Waals surface area contributed by atoms with E-state index in [4.69, 9.17) is 10.00 Å². The van der Waals surface area contributed by atoms with Crippen LogP contribution in [0.3, 0.4) is 0 Å². The molecule has 3 aromatic rings. The van der Waals surface area contributed by atoms with Gasteiger partial charge in [-0.05, 0) is 60.0 Å². The molecule has 2 atom stereocenters. The van der Waals surface area contributed by atoms with Crippen molar-refractivity contribution >= 4 is 11.6 Å². The lowest BCUT2D eigenvalue weighted by Gasteiger charge is -2.29. The van der Waals surface area contributed by atoms with Gasteiger partial charge in [0.15, 0.2) is 0 Å². The second-order valence-corrected chi connectivity index (χ2v) is 9.40. The van der Waals surface area contributed by atoms with E-state index in [9.17, 15) is 14.4 Å². The Morgan fingerprint density at radius 1 is 1.08 bits per heavy atom. The predicted octanol–water partition coefficient (Wildman–Crippen LogP) is 4.25. The highest BCUT2D eigenvalue weighted by Gasteiger charge is 2.31.